The number of ketones is 1. The van der Waals surface area contributed by atoms with Crippen molar-refractivity contribution in [3.63, 3.8) is 0 Å². The Balaban J connectivity index is 2.40. The summed E-state index contributed by atoms with van der Waals surface area (Å²) in [6.07, 6.45) is 1.73. The van der Waals surface area contributed by atoms with Crippen molar-refractivity contribution in [2.75, 3.05) is 13.1 Å². The van der Waals surface area contributed by atoms with Gasteiger partial charge in [-0.25, -0.2) is 0 Å². The predicted molar refractivity (Wildman–Crippen MR) is 49.5 cm³/mol. The van der Waals surface area contributed by atoms with Crippen LogP contribution >= 0.6 is 0 Å². The number of rotatable bonds is 1. The molecule has 0 amide bonds. The number of Topliss-reactive ketones (excluding diaryl/α,β-unsaturated/α-hetero) is 1. The van der Waals surface area contributed by atoms with Crippen LogP contribution in [0.15, 0.2) is 24.4 Å². The van der Waals surface area contributed by atoms with Gasteiger partial charge in [-0.05, 0) is 19.1 Å². The van der Waals surface area contributed by atoms with Crippen LogP contribution < -0.4 is 5.32 Å². The molecule has 68 valence electrons. The molecule has 3 heteroatoms. The molecule has 1 saturated heterocycles. The van der Waals surface area contributed by atoms with Crippen LogP contribution in [-0.4, -0.2) is 23.9 Å². The minimum atomic E-state index is -0.415. The topological polar surface area (TPSA) is 42.0 Å². The number of hydrogen-bond donors (Lipinski definition) is 1. The van der Waals surface area contributed by atoms with Crippen molar-refractivity contribution in [1.29, 1.82) is 0 Å². The first-order valence-electron chi connectivity index (χ1n) is 4.39. The summed E-state index contributed by atoms with van der Waals surface area (Å²) in [7, 11) is 0. The zero-order chi connectivity index (χ0) is 9.31. The second kappa shape index (κ2) is 2.92. The first-order chi connectivity index (χ1) is 6.23. The zero-order valence-electron chi connectivity index (χ0n) is 7.58. The van der Waals surface area contributed by atoms with Gasteiger partial charge in [-0.2, -0.15) is 0 Å². The maximum absolute atomic E-state index is 11.6. The van der Waals surface area contributed by atoms with E-state index < -0.39 is 5.41 Å². The van der Waals surface area contributed by atoms with Gasteiger partial charge < -0.3 is 5.32 Å². The van der Waals surface area contributed by atoms with Crippen LogP contribution in [0, 0.1) is 0 Å². The summed E-state index contributed by atoms with van der Waals surface area (Å²) in [6.45, 7) is 3.10. The fourth-order valence-electron chi connectivity index (χ4n) is 1.64. The van der Waals surface area contributed by atoms with E-state index in [1.807, 2.05) is 25.1 Å². The second-order valence-corrected chi connectivity index (χ2v) is 3.57. The Labute approximate surface area is 77.2 Å². The highest BCUT2D eigenvalue weighted by Gasteiger charge is 2.39. The first-order valence-corrected chi connectivity index (χ1v) is 4.39. The molecule has 1 fully saturated rings. The van der Waals surface area contributed by atoms with Crippen LogP contribution in [0.25, 0.3) is 0 Å². The van der Waals surface area contributed by atoms with E-state index in [1.165, 1.54) is 0 Å². The molecule has 1 aliphatic rings. The highest BCUT2D eigenvalue weighted by atomic mass is 16.1. The standard InChI is InChI=1S/C10H12N2O/c1-10(7-11-6-9(10)13)8-4-2-3-5-12-8/h2-5,11H,6-7H2,1H3. The molecular formula is C10H12N2O. The van der Waals surface area contributed by atoms with Crippen molar-refractivity contribution >= 4 is 5.78 Å². The number of carbonyl (C=O) groups excluding carboxylic acids is 1. The fourth-order valence-corrected chi connectivity index (χ4v) is 1.64. The first kappa shape index (κ1) is 8.38. The average Bonchev–Trinajstić information content (AvgIpc) is 2.50. The third-order valence-corrected chi connectivity index (χ3v) is 2.61. The molecule has 1 N–H and O–H groups in total. The Morgan fingerprint density at radius 3 is 2.92 bits per heavy atom. The van der Waals surface area contributed by atoms with Gasteiger partial charge in [-0.1, -0.05) is 6.07 Å². The molecule has 13 heavy (non-hydrogen) atoms. The lowest BCUT2D eigenvalue weighted by atomic mass is 9.84. The quantitative estimate of drug-likeness (QED) is 0.678. The summed E-state index contributed by atoms with van der Waals surface area (Å²) in [6, 6.07) is 5.68. The molecule has 0 radical (unpaired) electrons. The summed E-state index contributed by atoms with van der Waals surface area (Å²) in [4.78, 5) is 15.8. The molecule has 0 saturated carbocycles. The van der Waals surface area contributed by atoms with Crippen LogP contribution in [0.4, 0.5) is 0 Å². The lowest BCUT2D eigenvalue weighted by Gasteiger charge is -2.19. The van der Waals surface area contributed by atoms with Gasteiger partial charge in [0.05, 0.1) is 17.7 Å². The van der Waals surface area contributed by atoms with Gasteiger partial charge in [-0.15, -0.1) is 0 Å². The number of nitrogens with one attached hydrogen (secondary N) is 1. The lowest BCUT2D eigenvalue weighted by molar-refractivity contribution is -0.120. The Kier molecular flexibility index (Phi) is 1.88. The molecule has 1 aliphatic heterocycles. The number of pyridine rings is 1. The molecule has 0 spiro atoms. The molecule has 1 aromatic heterocycles. The van der Waals surface area contributed by atoms with Crippen molar-refractivity contribution in [2.45, 2.75) is 12.3 Å². The smallest absolute Gasteiger partial charge is 0.159 e. The third kappa shape index (κ3) is 1.25. The lowest BCUT2D eigenvalue weighted by Crippen LogP contribution is -2.32. The maximum atomic E-state index is 11.6. The van der Waals surface area contributed by atoms with Crippen LogP contribution in [0.1, 0.15) is 12.6 Å². The van der Waals surface area contributed by atoms with Gasteiger partial charge in [-0.3, -0.25) is 9.78 Å². The highest BCUT2D eigenvalue weighted by Crippen LogP contribution is 2.24. The Bertz CT molecular complexity index is 323. The predicted octanol–water partition coefficient (Wildman–Crippen LogP) is 0.512. The summed E-state index contributed by atoms with van der Waals surface area (Å²) in [5, 5.41) is 3.07. The third-order valence-electron chi connectivity index (χ3n) is 2.61. The van der Waals surface area contributed by atoms with Gasteiger partial charge >= 0.3 is 0 Å². The van der Waals surface area contributed by atoms with E-state index >= 15 is 0 Å². The molecule has 1 atom stereocenters. The van der Waals surface area contributed by atoms with Gasteiger partial charge in [0.2, 0.25) is 0 Å². The van der Waals surface area contributed by atoms with E-state index in [4.69, 9.17) is 0 Å². The molecule has 3 nitrogen and oxygen atoms in total. The number of aromatic nitrogens is 1. The zero-order valence-corrected chi connectivity index (χ0v) is 7.58. The Morgan fingerprint density at radius 1 is 1.54 bits per heavy atom. The van der Waals surface area contributed by atoms with Crippen molar-refractivity contribution < 1.29 is 4.79 Å². The van der Waals surface area contributed by atoms with E-state index in [1.54, 1.807) is 6.20 Å². The summed E-state index contributed by atoms with van der Waals surface area (Å²) >= 11 is 0. The number of carbonyl (C=O) groups is 1. The van der Waals surface area contributed by atoms with Gasteiger partial charge in [0.1, 0.15) is 0 Å². The Morgan fingerprint density at radius 2 is 2.38 bits per heavy atom. The number of hydrogen-bond acceptors (Lipinski definition) is 3. The molecule has 0 aliphatic carbocycles. The monoisotopic (exact) mass is 176 g/mol. The van der Waals surface area contributed by atoms with E-state index in [0.717, 1.165) is 5.69 Å². The van der Waals surface area contributed by atoms with Gasteiger partial charge in [0.25, 0.3) is 0 Å². The fraction of sp³-hybridized carbons (Fsp3) is 0.400. The highest BCUT2D eigenvalue weighted by molar-refractivity contribution is 5.93. The van der Waals surface area contributed by atoms with Crippen molar-refractivity contribution in [2.24, 2.45) is 0 Å². The largest absolute Gasteiger partial charge is 0.309 e. The van der Waals surface area contributed by atoms with Crippen LogP contribution in [0.5, 0.6) is 0 Å². The minimum Gasteiger partial charge on any atom is -0.309 e. The molecule has 2 heterocycles. The molecule has 0 aromatic carbocycles. The second-order valence-electron chi connectivity index (χ2n) is 3.57. The molecule has 2 rings (SSSR count). The summed E-state index contributed by atoms with van der Waals surface area (Å²) in [5.41, 5.74) is 0.450. The summed E-state index contributed by atoms with van der Waals surface area (Å²) < 4.78 is 0. The van der Waals surface area contributed by atoms with E-state index in [0.29, 0.717) is 13.1 Å². The molecule has 1 unspecified atom stereocenters. The van der Waals surface area contributed by atoms with Crippen LogP contribution in [0.2, 0.25) is 0 Å². The minimum absolute atomic E-state index is 0.228. The van der Waals surface area contributed by atoms with Crippen LogP contribution in [-0.2, 0) is 10.2 Å². The van der Waals surface area contributed by atoms with E-state index in [9.17, 15) is 4.79 Å². The van der Waals surface area contributed by atoms with Crippen molar-refractivity contribution in [1.82, 2.24) is 10.3 Å². The van der Waals surface area contributed by atoms with E-state index in [2.05, 4.69) is 10.3 Å². The molecular weight excluding hydrogens is 164 g/mol. The van der Waals surface area contributed by atoms with Crippen molar-refractivity contribution in [3.05, 3.63) is 30.1 Å². The molecule has 0 bridgehead atoms. The maximum Gasteiger partial charge on any atom is 0.159 e. The van der Waals surface area contributed by atoms with Crippen LogP contribution in [0.3, 0.4) is 0 Å². The van der Waals surface area contributed by atoms with Crippen molar-refractivity contribution in [3.8, 4) is 0 Å². The van der Waals surface area contributed by atoms with Gasteiger partial charge in [0, 0.05) is 12.7 Å². The van der Waals surface area contributed by atoms with E-state index in [-0.39, 0.29) is 5.78 Å². The average molecular weight is 176 g/mol. The SMILES string of the molecule is CC1(c2ccccn2)CNCC1=O. The summed E-state index contributed by atoms with van der Waals surface area (Å²) in [5.74, 6) is 0.228. The van der Waals surface area contributed by atoms with Gasteiger partial charge in [0.15, 0.2) is 5.78 Å². The Hall–Kier alpha value is -1.22. The normalized spacial score (nSPS) is 27.9. The number of nitrogens with zero attached hydrogens (tertiary/aromatic N) is 1. The molecule has 1 aromatic rings.